The lowest BCUT2D eigenvalue weighted by Crippen LogP contribution is -2.48. The third-order valence-electron chi connectivity index (χ3n) is 5.35. The quantitative estimate of drug-likeness (QED) is 0.863. The van der Waals surface area contributed by atoms with Gasteiger partial charge in [0.2, 0.25) is 5.88 Å². The second kappa shape index (κ2) is 3.70. The molecule has 0 amide bonds. The van der Waals surface area contributed by atoms with Gasteiger partial charge in [0.1, 0.15) is 5.01 Å². The van der Waals surface area contributed by atoms with E-state index in [1.807, 2.05) is 0 Å². The van der Waals surface area contributed by atoms with Gasteiger partial charge < -0.3 is 10.8 Å². The summed E-state index contributed by atoms with van der Waals surface area (Å²) in [7, 11) is 0. The molecule has 3 N–H and O–H groups in total. The summed E-state index contributed by atoms with van der Waals surface area (Å²) in [6.07, 6.45) is 8.13. The van der Waals surface area contributed by atoms with Gasteiger partial charge >= 0.3 is 0 Å². The molecule has 98 valence electrons. The van der Waals surface area contributed by atoms with E-state index >= 15 is 0 Å². The van der Waals surface area contributed by atoms with E-state index in [-0.39, 0.29) is 11.3 Å². The minimum absolute atomic E-state index is 0.254. The van der Waals surface area contributed by atoms with Crippen LogP contribution in [-0.4, -0.2) is 10.1 Å². The van der Waals surface area contributed by atoms with Gasteiger partial charge in [-0.25, -0.2) is 4.98 Å². The zero-order valence-electron chi connectivity index (χ0n) is 10.6. The number of rotatable bonds is 2. The van der Waals surface area contributed by atoms with Crippen LogP contribution in [0, 0.1) is 17.8 Å². The predicted octanol–water partition coefficient (Wildman–Crippen LogP) is 2.78. The van der Waals surface area contributed by atoms with Crippen molar-refractivity contribution in [2.24, 2.45) is 23.5 Å². The molecule has 0 unspecified atom stereocenters. The molecule has 1 heterocycles. The second-order valence-corrected chi connectivity index (χ2v) is 7.75. The number of nitrogens with two attached hydrogens (primary N) is 1. The van der Waals surface area contributed by atoms with Gasteiger partial charge in [-0.1, -0.05) is 0 Å². The van der Waals surface area contributed by atoms with Crippen LogP contribution in [0.2, 0.25) is 0 Å². The van der Waals surface area contributed by atoms with E-state index in [1.165, 1.54) is 38.5 Å². The van der Waals surface area contributed by atoms with Crippen molar-refractivity contribution < 1.29 is 5.11 Å². The highest BCUT2D eigenvalue weighted by Gasteiger charge is 2.53. The molecule has 0 aromatic carbocycles. The van der Waals surface area contributed by atoms with Crippen LogP contribution in [0.15, 0.2) is 0 Å². The van der Waals surface area contributed by atoms with Gasteiger partial charge in [0.25, 0.3) is 0 Å². The number of nitrogens with zero attached hydrogens (tertiary/aromatic N) is 1. The van der Waals surface area contributed by atoms with Crippen LogP contribution in [-0.2, 0) is 12.0 Å². The fourth-order valence-corrected chi connectivity index (χ4v) is 6.23. The predicted molar refractivity (Wildman–Crippen MR) is 71.5 cm³/mol. The van der Waals surface area contributed by atoms with Crippen LogP contribution < -0.4 is 5.73 Å². The lowest BCUT2D eigenvalue weighted by molar-refractivity contribution is -0.00448. The third-order valence-corrected chi connectivity index (χ3v) is 6.66. The van der Waals surface area contributed by atoms with Crippen molar-refractivity contribution in [1.29, 1.82) is 0 Å². The van der Waals surface area contributed by atoms with Gasteiger partial charge in [-0.05, 0) is 56.3 Å². The number of aromatic hydroxyl groups is 1. The van der Waals surface area contributed by atoms with Crippen molar-refractivity contribution in [3.05, 3.63) is 9.88 Å². The van der Waals surface area contributed by atoms with Crippen LogP contribution >= 0.6 is 11.3 Å². The fraction of sp³-hybridized carbons (Fsp3) is 0.786. The van der Waals surface area contributed by atoms with E-state index in [2.05, 4.69) is 4.98 Å². The summed E-state index contributed by atoms with van der Waals surface area (Å²) in [6.45, 7) is 0.449. The van der Waals surface area contributed by atoms with Gasteiger partial charge in [-0.15, -0.1) is 11.3 Å². The molecular weight excluding hydrogens is 244 g/mol. The van der Waals surface area contributed by atoms with Crippen LogP contribution in [0.1, 0.15) is 48.4 Å². The molecule has 0 radical (unpaired) electrons. The van der Waals surface area contributed by atoms with Crippen LogP contribution in [0.5, 0.6) is 5.88 Å². The maximum atomic E-state index is 10.2. The molecule has 0 spiro atoms. The van der Waals surface area contributed by atoms with Crippen LogP contribution in [0.25, 0.3) is 0 Å². The Morgan fingerprint density at radius 3 is 2.17 bits per heavy atom. The molecule has 18 heavy (non-hydrogen) atoms. The second-order valence-electron chi connectivity index (χ2n) is 6.66. The zero-order valence-corrected chi connectivity index (χ0v) is 11.4. The molecule has 4 fully saturated rings. The molecule has 4 aliphatic carbocycles. The molecule has 0 atom stereocenters. The summed E-state index contributed by atoms with van der Waals surface area (Å²) in [6, 6.07) is 0. The van der Waals surface area contributed by atoms with Crippen molar-refractivity contribution in [2.45, 2.75) is 50.5 Å². The van der Waals surface area contributed by atoms with E-state index in [4.69, 9.17) is 5.73 Å². The molecule has 1 aromatic rings. The van der Waals surface area contributed by atoms with Gasteiger partial charge in [-0.3, -0.25) is 0 Å². The molecule has 0 saturated heterocycles. The average Bonchev–Trinajstić information content (AvgIpc) is 2.69. The van der Waals surface area contributed by atoms with Gasteiger partial charge in [0, 0.05) is 12.0 Å². The molecule has 4 heteroatoms. The van der Waals surface area contributed by atoms with E-state index in [0.29, 0.717) is 6.54 Å². The van der Waals surface area contributed by atoms with E-state index in [9.17, 15) is 5.11 Å². The van der Waals surface area contributed by atoms with Gasteiger partial charge in [0.15, 0.2) is 0 Å². The normalized spacial score (nSPS) is 41.5. The standard InChI is InChI=1S/C14H20N2OS/c15-7-11-16-13(17)12(18-11)14-4-8-1-9(5-14)3-10(2-8)6-14/h8-10,17H,1-7,15H2. The van der Waals surface area contributed by atoms with Crippen LogP contribution in [0.3, 0.4) is 0 Å². The first-order chi connectivity index (χ1) is 8.68. The zero-order chi connectivity index (χ0) is 12.3. The number of hydrogen-bond donors (Lipinski definition) is 2. The number of hydrogen-bond acceptors (Lipinski definition) is 4. The van der Waals surface area contributed by atoms with Crippen molar-refractivity contribution in [3.8, 4) is 5.88 Å². The third kappa shape index (κ3) is 1.48. The van der Waals surface area contributed by atoms with Gasteiger partial charge in [0.05, 0.1) is 4.88 Å². The van der Waals surface area contributed by atoms with E-state index < -0.39 is 0 Å². The summed E-state index contributed by atoms with van der Waals surface area (Å²) in [5.41, 5.74) is 5.91. The number of thiazole rings is 1. The molecule has 1 aromatic heterocycles. The average molecular weight is 264 g/mol. The lowest BCUT2D eigenvalue weighted by atomic mass is 9.49. The smallest absolute Gasteiger partial charge is 0.226 e. The maximum Gasteiger partial charge on any atom is 0.226 e. The first kappa shape index (κ1) is 11.2. The molecule has 4 saturated carbocycles. The Morgan fingerprint density at radius 2 is 1.72 bits per heavy atom. The Bertz CT molecular complexity index is 447. The Balaban J connectivity index is 1.76. The molecule has 4 aliphatic rings. The molecule has 4 bridgehead atoms. The molecular formula is C14H20N2OS. The highest BCUT2D eigenvalue weighted by Crippen LogP contribution is 2.62. The SMILES string of the molecule is NCc1nc(O)c(C23CC4CC(CC(C4)C2)C3)s1. The van der Waals surface area contributed by atoms with Crippen molar-refractivity contribution >= 4 is 11.3 Å². The lowest BCUT2D eigenvalue weighted by Gasteiger charge is -2.56. The Kier molecular flexibility index (Phi) is 2.31. The summed E-state index contributed by atoms with van der Waals surface area (Å²) < 4.78 is 0. The topological polar surface area (TPSA) is 59.1 Å². The largest absolute Gasteiger partial charge is 0.492 e. The fourth-order valence-electron chi connectivity index (χ4n) is 5.18. The van der Waals surface area contributed by atoms with Crippen molar-refractivity contribution in [2.75, 3.05) is 0 Å². The Morgan fingerprint density at radius 1 is 1.17 bits per heavy atom. The molecule has 5 rings (SSSR count). The number of aromatic nitrogens is 1. The summed E-state index contributed by atoms with van der Waals surface area (Å²) in [4.78, 5) is 5.39. The highest BCUT2D eigenvalue weighted by molar-refractivity contribution is 7.12. The summed E-state index contributed by atoms with van der Waals surface area (Å²) >= 11 is 1.66. The van der Waals surface area contributed by atoms with Crippen molar-refractivity contribution in [3.63, 3.8) is 0 Å². The monoisotopic (exact) mass is 264 g/mol. The van der Waals surface area contributed by atoms with Gasteiger partial charge in [-0.2, -0.15) is 0 Å². The van der Waals surface area contributed by atoms with E-state index in [0.717, 1.165) is 27.6 Å². The van der Waals surface area contributed by atoms with E-state index in [1.54, 1.807) is 11.3 Å². The van der Waals surface area contributed by atoms with Crippen molar-refractivity contribution in [1.82, 2.24) is 4.98 Å². The maximum absolute atomic E-state index is 10.2. The highest BCUT2D eigenvalue weighted by atomic mass is 32.1. The van der Waals surface area contributed by atoms with Crippen LogP contribution in [0.4, 0.5) is 0 Å². The molecule has 0 aliphatic heterocycles. The minimum atomic E-state index is 0.254. The Hall–Kier alpha value is -0.610. The molecule has 3 nitrogen and oxygen atoms in total. The Labute approximate surface area is 111 Å². The first-order valence-electron chi connectivity index (χ1n) is 7.08. The summed E-state index contributed by atoms with van der Waals surface area (Å²) in [5.74, 6) is 2.99. The first-order valence-corrected chi connectivity index (χ1v) is 7.89. The summed E-state index contributed by atoms with van der Waals surface area (Å²) in [5, 5.41) is 11.1. The minimum Gasteiger partial charge on any atom is -0.492 e.